The van der Waals surface area contributed by atoms with Crippen LogP contribution in [0.3, 0.4) is 0 Å². The molecule has 0 aromatic carbocycles. The fraction of sp³-hybridized carbons (Fsp3) is 0.944. The van der Waals surface area contributed by atoms with Crippen LogP contribution >= 0.6 is 11.8 Å². The quantitative estimate of drug-likeness (QED) is 0.833. The smallest absolute Gasteiger partial charge is 0.234 e. The number of likely N-dealkylation sites (tertiary alicyclic amines) is 1. The van der Waals surface area contributed by atoms with Crippen molar-refractivity contribution < 1.29 is 4.79 Å². The van der Waals surface area contributed by atoms with Crippen LogP contribution in [0.15, 0.2) is 0 Å². The standard InChI is InChI=1S/C18H33N3OS/c22-18(19-14-16-4-2-1-3-5-16)15-20-8-6-17(7-9-20)21-10-12-23-13-11-21/h16-17H,1-15H2,(H,19,22). The maximum atomic E-state index is 12.2. The van der Waals surface area contributed by atoms with Crippen LogP contribution in [-0.4, -0.2) is 72.5 Å². The number of hydrogen-bond donors (Lipinski definition) is 1. The predicted octanol–water partition coefficient (Wildman–Crippen LogP) is 2.20. The topological polar surface area (TPSA) is 35.6 Å². The third-order valence-electron chi connectivity index (χ3n) is 5.80. The number of hydrogen-bond acceptors (Lipinski definition) is 4. The number of nitrogens with zero attached hydrogens (tertiary/aromatic N) is 2. The Hall–Kier alpha value is -0.260. The molecule has 0 radical (unpaired) electrons. The Kier molecular flexibility index (Phi) is 7.09. The van der Waals surface area contributed by atoms with Gasteiger partial charge in [-0.05, 0) is 31.6 Å². The van der Waals surface area contributed by atoms with Crippen molar-refractivity contribution in [1.29, 1.82) is 0 Å². The Morgan fingerprint density at radius 2 is 1.65 bits per heavy atom. The largest absolute Gasteiger partial charge is 0.355 e. The van der Waals surface area contributed by atoms with E-state index in [1.54, 1.807) is 0 Å². The Morgan fingerprint density at radius 3 is 2.35 bits per heavy atom. The van der Waals surface area contributed by atoms with Gasteiger partial charge in [0.25, 0.3) is 0 Å². The first kappa shape index (κ1) is 17.6. The number of amides is 1. The summed E-state index contributed by atoms with van der Waals surface area (Å²) in [6.45, 7) is 6.21. The lowest BCUT2D eigenvalue weighted by molar-refractivity contribution is -0.122. The van der Waals surface area contributed by atoms with E-state index in [-0.39, 0.29) is 5.91 Å². The Bertz CT molecular complexity index is 359. The van der Waals surface area contributed by atoms with E-state index in [0.29, 0.717) is 6.54 Å². The van der Waals surface area contributed by atoms with Gasteiger partial charge in [0.2, 0.25) is 5.91 Å². The van der Waals surface area contributed by atoms with Crippen LogP contribution in [0.5, 0.6) is 0 Å². The van der Waals surface area contributed by atoms with Crippen LogP contribution in [0, 0.1) is 5.92 Å². The molecule has 1 amide bonds. The van der Waals surface area contributed by atoms with Crippen LogP contribution in [0.25, 0.3) is 0 Å². The Morgan fingerprint density at radius 1 is 0.957 bits per heavy atom. The maximum absolute atomic E-state index is 12.2. The highest BCUT2D eigenvalue weighted by atomic mass is 32.2. The maximum Gasteiger partial charge on any atom is 0.234 e. The second kappa shape index (κ2) is 9.28. The van der Waals surface area contributed by atoms with Crippen LogP contribution < -0.4 is 5.32 Å². The summed E-state index contributed by atoms with van der Waals surface area (Å²) < 4.78 is 0. The average Bonchev–Trinajstić information content (AvgIpc) is 2.62. The van der Waals surface area contributed by atoms with Gasteiger partial charge in [0.15, 0.2) is 0 Å². The van der Waals surface area contributed by atoms with Crippen molar-refractivity contribution in [2.24, 2.45) is 5.92 Å². The number of piperidine rings is 1. The van der Waals surface area contributed by atoms with Gasteiger partial charge in [0.05, 0.1) is 6.54 Å². The van der Waals surface area contributed by atoms with Crippen molar-refractivity contribution in [3.8, 4) is 0 Å². The number of nitrogens with one attached hydrogen (secondary N) is 1. The summed E-state index contributed by atoms with van der Waals surface area (Å²) in [4.78, 5) is 17.2. The van der Waals surface area contributed by atoms with Gasteiger partial charge in [-0.3, -0.25) is 14.6 Å². The molecule has 4 nitrogen and oxygen atoms in total. The van der Waals surface area contributed by atoms with Gasteiger partial charge in [-0.2, -0.15) is 11.8 Å². The van der Waals surface area contributed by atoms with Crippen LogP contribution in [0.4, 0.5) is 0 Å². The second-order valence-corrected chi connectivity index (χ2v) is 8.69. The summed E-state index contributed by atoms with van der Waals surface area (Å²) in [5.74, 6) is 3.56. The average molecular weight is 340 g/mol. The molecule has 0 atom stereocenters. The molecule has 0 spiro atoms. The molecule has 0 unspecified atom stereocenters. The molecule has 0 bridgehead atoms. The summed E-state index contributed by atoms with van der Waals surface area (Å²) in [6, 6.07) is 0.762. The van der Waals surface area contributed by atoms with Crippen molar-refractivity contribution in [1.82, 2.24) is 15.1 Å². The van der Waals surface area contributed by atoms with Gasteiger partial charge >= 0.3 is 0 Å². The van der Waals surface area contributed by atoms with Crippen LogP contribution in [0.2, 0.25) is 0 Å². The number of rotatable bonds is 5. The van der Waals surface area contributed by atoms with Gasteiger partial charge < -0.3 is 5.32 Å². The fourth-order valence-electron chi connectivity index (χ4n) is 4.29. The zero-order chi connectivity index (χ0) is 15.9. The van der Waals surface area contributed by atoms with Gasteiger partial charge in [0.1, 0.15) is 0 Å². The fourth-order valence-corrected chi connectivity index (χ4v) is 5.22. The van der Waals surface area contributed by atoms with Gasteiger partial charge in [-0.25, -0.2) is 0 Å². The lowest BCUT2D eigenvalue weighted by Gasteiger charge is -2.39. The minimum atomic E-state index is 0.239. The second-order valence-electron chi connectivity index (χ2n) is 7.46. The number of carbonyl (C=O) groups excluding carboxylic acids is 1. The molecule has 0 aromatic heterocycles. The summed E-state index contributed by atoms with van der Waals surface area (Å²) in [5, 5.41) is 3.18. The summed E-state index contributed by atoms with van der Waals surface area (Å²) in [6.07, 6.45) is 9.17. The van der Waals surface area contributed by atoms with Crippen molar-refractivity contribution in [2.45, 2.75) is 51.0 Å². The minimum Gasteiger partial charge on any atom is -0.355 e. The molecule has 1 N–H and O–H groups in total. The van der Waals surface area contributed by atoms with Crippen molar-refractivity contribution in [3.05, 3.63) is 0 Å². The van der Waals surface area contributed by atoms with Gasteiger partial charge in [-0.1, -0.05) is 19.3 Å². The monoisotopic (exact) mass is 339 g/mol. The molecule has 23 heavy (non-hydrogen) atoms. The highest BCUT2D eigenvalue weighted by Crippen LogP contribution is 2.23. The Labute approximate surface area is 145 Å². The molecule has 1 aliphatic carbocycles. The lowest BCUT2D eigenvalue weighted by Crippen LogP contribution is -2.49. The van der Waals surface area contributed by atoms with E-state index in [4.69, 9.17) is 0 Å². The van der Waals surface area contributed by atoms with Crippen LogP contribution in [-0.2, 0) is 4.79 Å². The minimum absolute atomic E-state index is 0.239. The van der Waals surface area contributed by atoms with E-state index in [1.165, 1.54) is 69.5 Å². The van der Waals surface area contributed by atoms with E-state index < -0.39 is 0 Å². The first-order valence-electron chi connectivity index (χ1n) is 9.62. The summed E-state index contributed by atoms with van der Waals surface area (Å²) >= 11 is 2.08. The van der Waals surface area contributed by atoms with Gasteiger partial charge in [-0.15, -0.1) is 0 Å². The van der Waals surface area contributed by atoms with Crippen LogP contribution in [0.1, 0.15) is 44.9 Å². The van der Waals surface area contributed by atoms with Crippen molar-refractivity contribution in [3.63, 3.8) is 0 Å². The molecule has 0 aromatic rings. The van der Waals surface area contributed by atoms with E-state index >= 15 is 0 Å². The zero-order valence-corrected chi connectivity index (χ0v) is 15.3. The Balaban J connectivity index is 1.31. The van der Waals surface area contributed by atoms with E-state index in [1.807, 2.05) is 0 Å². The third kappa shape index (κ3) is 5.64. The number of thioether (sulfide) groups is 1. The van der Waals surface area contributed by atoms with Crippen molar-refractivity contribution in [2.75, 3.05) is 50.8 Å². The lowest BCUT2D eigenvalue weighted by atomic mass is 9.89. The van der Waals surface area contributed by atoms with E-state index in [2.05, 4.69) is 26.9 Å². The van der Waals surface area contributed by atoms with Crippen molar-refractivity contribution >= 4 is 17.7 Å². The summed E-state index contributed by atoms with van der Waals surface area (Å²) in [7, 11) is 0. The highest BCUT2D eigenvalue weighted by Gasteiger charge is 2.26. The third-order valence-corrected chi connectivity index (χ3v) is 6.74. The molecule has 2 saturated heterocycles. The molecule has 2 heterocycles. The zero-order valence-electron chi connectivity index (χ0n) is 14.5. The van der Waals surface area contributed by atoms with E-state index in [9.17, 15) is 4.79 Å². The molecule has 5 heteroatoms. The first-order valence-corrected chi connectivity index (χ1v) is 10.8. The normalized spacial score (nSPS) is 26.3. The predicted molar refractivity (Wildman–Crippen MR) is 97.9 cm³/mol. The summed E-state index contributed by atoms with van der Waals surface area (Å²) in [5.41, 5.74) is 0. The molecule has 1 saturated carbocycles. The molecule has 3 rings (SSSR count). The van der Waals surface area contributed by atoms with Gasteiger partial charge in [0, 0.05) is 50.3 Å². The molecular formula is C18H33N3OS. The molecule has 132 valence electrons. The highest BCUT2D eigenvalue weighted by molar-refractivity contribution is 7.99. The van der Waals surface area contributed by atoms with E-state index in [0.717, 1.165) is 31.6 Å². The molecule has 3 aliphatic rings. The molecule has 3 fully saturated rings. The molecular weight excluding hydrogens is 306 g/mol. The first-order chi connectivity index (χ1) is 11.3. The molecule has 2 aliphatic heterocycles. The number of carbonyl (C=O) groups is 1. The SMILES string of the molecule is O=C(CN1CCC(N2CCSCC2)CC1)NCC1CCCCC1.